The summed E-state index contributed by atoms with van der Waals surface area (Å²) < 4.78 is 0. The van der Waals surface area contributed by atoms with E-state index in [1.54, 1.807) is 12.1 Å². The predicted octanol–water partition coefficient (Wildman–Crippen LogP) is 4.39. The minimum Gasteiger partial charge on any atom is -0.294 e. The highest BCUT2D eigenvalue weighted by molar-refractivity contribution is 6.02. The van der Waals surface area contributed by atoms with Gasteiger partial charge in [-0.1, -0.05) is 20.8 Å². The summed E-state index contributed by atoms with van der Waals surface area (Å²) in [5.41, 5.74) is 1.74. The molecule has 0 heterocycles. The number of ketones is 1. The molecule has 1 aromatic rings. The standard InChI is InChI=1S/C17H21NO3/c1-17(2,3)15-6-4-5-13(16(15)19)11-12-7-9-14(10-8-12)18(20)21/h7-11,15H,4-6H2,1-3H3/b13-11+/t15-/m1/s1. The minimum absolute atomic E-state index is 0.0218. The Bertz CT molecular complexity index is 579. The van der Waals surface area contributed by atoms with E-state index >= 15 is 0 Å². The summed E-state index contributed by atoms with van der Waals surface area (Å²) in [6.45, 7) is 6.30. The molecule has 1 aliphatic carbocycles. The fourth-order valence-electron chi connectivity index (χ4n) is 2.84. The van der Waals surface area contributed by atoms with E-state index in [1.807, 2.05) is 6.08 Å². The van der Waals surface area contributed by atoms with Crippen molar-refractivity contribution in [1.29, 1.82) is 0 Å². The van der Waals surface area contributed by atoms with Crippen LogP contribution in [0.15, 0.2) is 29.8 Å². The van der Waals surface area contributed by atoms with Crippen LogP contribution in [0.2, 0.25) is 0 Å². The number of hydrogen-bond acceptors (Lipinski definition) is 3. The summed E-state index contributed by atoms with van der Waals surface area (Å²) in [6, 6.07) is 6.33. The summed E-state index contributed by atoms with van der Waals surface area (Å²) in [7, 11) is 0. The van der Waals surface area contributed by atoms with Crippen molar-refractivity contribution in [3.63, 3.8) is 0 Å². The number of Topliss-reactive ketones (excluding diaryl/α,β-unsaturated/α-hetero) is 1. The smallest absolute Gasteiger partial charge is 0.269 e. The lowest BCUT2D eigenvalue weighted by Crippen LogP contribution is -2.32. The lowest BCUT2D eigenvalue weighted by molar-refractivity contribution is -0.384. The first-order chi connectivity index (χ1) is 9.79. The first kappa shape index (κ1) is 15.4. The van der Waals surface area contributed by atoms with Crippen LogP contribution in [0.3, 0.4) is 0 Å². The van der Waals surface area contributed by atoms with Crippen molar-refractivity contribution in [2.45, 2.75) is 40.0 Å². The van der Waals surface area contributed by atoms with E-state index in [-0.39, 0.29) is 22.8 Å². The molecule has 0 radical (unpaired) electrons. The number of rotatable bonds is 2. The van der Waals surface area contributed by atoms with Crippen LogP contribution in [0.4, 0.5) is 5.69 Å². The lowest BCUT2D eigenvalue weighted by Gasteiger charge is -2.33. The molecule has 1 fully saturated rings. The van der Waals surface area contributed by atoms with E-state index in [2.05, 4.69) is 20.8 Å². The van der Waals surface area contributed by atoms with Crippen LogP contribution in [0.25, 0.3) is 6.08 Å². The normalized spacial score (nSPS) is 21.6. The van der Waals surface area contributed by atoms with Gasteiger partial charge in [-0.15, -0.1) is 0 Å². The van der Waals surface area contributed by atoms with E-state index in [9.17, 15) is 14.9 Å². The number of allylic oxidation sites excluding steroid dienone is 1. The van der Waals surface area contributed by atoms with Gasteiger partial charge in [-0.05, 0) is 54.0 Å². The van der Waals surface area contributed by atoms with Gasteiger partial charge >= 0.3 is 0 Å². The molecule has 112 valence electrons. The third-order valence-corrected chi connectivity index (χ3v) is 4.06. The molecule has 0 spiro atoms. The number of benzene rings is 1. The van der Waals surface area contributed by atoms with Gasteiger partial charge in [0.2, 0.25) is 0 Å². The number of non-ortho nitro benzene ring substituents is 1. The molecule has 0 aromatic heterocycles. The SMILES string of the molecule is CC(C)(C)[C@@H]1CCC/C(=C\c2ccc([N+](=O)[O-])cc2)C1=O. The van der Waals surface area contributed by atoms with Gasteiger partial charge in [0.25, 0.3) is 5.69 Å². The van der Waals surface area contributed by atoms with E-state index in [1.165, 1.54) is 12.1 Å². The molecule has 0 unspecified atom stereocenters. The Morgan fingerprint density at radius 1 is 1.24 bits per heavy atom. The molecule has 1 saturated carbocycles. The van der Waals surface area contributed by atoms with Crippen molar-refractivity contribution >= 4 is 17.5 Å². The summed E-state index contributed by atoms with van der Waals surface area (Å²) in [4.78, 5) is 22.8. The molecule has 4 nitrogen and oxygen atoms in total. The van der Waals surface area contributed by atoms with Gasteiger partial charge in [-0.25, -0.2) is 0 Å². The quantitative estimate of drug-likeness (QED) is 0.460. The van der Waals surface area contributed by atoms with Crippen molar-refractivity contribution in [3.8, 4) is 0 Å². The Kier molecular flexibility index (Phi) is 4.26. The van der Waals surface area contributed by atoms with Crippen LogP contribution in [-0.4, -0.2) is 10.7 Å². The number of nitro benzene ring substituents is 1. The van der Waals surface area contributed by atoms with Crippen molar-refractivity contribution in [2.24, 2.45) is 11.3 Å². The molecular weight excluding hydrogens is 266 g/mol. The zero-order valence-electron chi connectivity index (χ0n) is 12.8. The maximum absolute atomic E-state index is 12.6. The second kappa shape index (κ2) is 5.80. The third-order valence-electron chi connectivity index (χ3n) is 4.06. The Morgan fingerprint density at radius 3 is 2.38 bits per heavy atom. The van der Waals surface area contributed by atoms with E-state index in [0.29, 0.717) is 0 Å². The molecule has 1 atom stereocenters. The van der Waals surface area contributed by atoms with Crippen molar-refractivity contribution in [2.75, 3.05) is 0 Å². The van der Waals surface area contributed by atoms with Crippen LogP contribution in [0, 0.1) is 21.4 Å². The zero-order chi connectivity index (χ0) is 15.6. The minimum atomic E-state index is -0.418. The van der Waals surface area contributed by atoms with Crippen LogP contribution < -0.4 is 0 Å². The van der Waals surface area contributed by atoms with Gasteiger partial charge in [-0.3, -0.25) is 14.9 Å². The summed E-state index contributed by atoms with van der Waals surface area (Å²) in [6.07, 6.45) is 4.64. The highest BCUT2D eigenvalue weighted by Crippen LogP contribution is 2.38. The average molecular weight is 287 g/mol. The first-order valence-corrected chi connectivity index (χ1v) is 7.28. The Morgan fingerprint density at radius 2 is 1.86 bits per heavy atom. The summed E-state index contributed by atoms with van der Waals surface area (Å²) in [5, 5.41) is 10.6. The van der Waals surface area contributed by atoms with Crippen molar-refractivity contribution in [1.82, 2.24) is 0 Å². The molecule has 4 heteroatoms. The lowest BCUT2D eigenvalue weighted by atomic mass is 9.70. The highest BCUT2D eigenvalue weighted by atomic mass is 16.6. The van der Waals surface area contributed by atoms with Crippen molar-refractivity contribution in [3.05, 3.63) is 45.5 Å². The predicted molar refractivity (Wildman–Crippen MR) is 82.9 cm³/mol. The Labute approximate surface area is 125 Å². The van der Waals surface area contributed by atoms with Gasteiger partial charge in [0.05, 0.1) is 4.92 Å². The molecule has 1 aliphatic rings. The molecule has 0 bridgehead atoms. The monoisotopic (exact) mass is 287 g/mol. The molecule has 0 amide bonds. The van der Waals surface area contributed by atoms with Gasteiger partial charge in [0.15, 0.2) is 5.78 Å². The summed E-state index contributed by atoms with van der Waals surface area (Å²) >= 11 is 0. The number of hydrogen-bond donors (Lipinski definition) is 0. The van der Waals surface area contributed by atoms with E-state index in [4.69, 9.17) is 0 Å². The average Bonchev–Trinajstić information content (AvgIpc) is 2.40. The molecule has 0 saturated heterocycles. The van der Waals surface area contributed by atoms with Gasteiger partial charge < -0.3 is 0 Å². The van der Waals surface area contributed by atoms with E-state index in [0.717, 1.165) is 30.4 Å². The first-order valence-electron chi connectivity index (χ1n) is 7.28. The number of carbonyl (C=O) groups is 1. The number of nitro groups is 1. The maximum Gasteiger partial charge on any atom is 0.269 e. The molecular formula is C17H21NO3. The van der Waals surface area contributed by atoms with Crippen LogP contribution in [0.1, 0.15) is 45.6 Å². The highest BCUT2D eigenvalue weighted by Gasteiger charge is 2.35. The number of nitrogens with zero attached hydrogens (tertiary/aromatic N) is 1. The van der Waals surface area contributed by atoms with Crippen LogP contribution in [0.5, 0.6) is 0 Å². The maximum atomic E-state index is 12.6. The van der Waals surface area contributed by atoms with Gasteiger partial charge in [0.1, 0.15) is 0 Å². The van der Waals surface area contributed by atoms with Gasteiger partial charge in [0, 0.05) is 18.1 Å². The Balaban J connectivity index is 2.24. The fraction of sp³-hybridized carbons (Fsp3) is 0.471. The molecule has 0 aliphatic heterocycles. The van der Waals surface area contributed by atoms with Crippen LogP contribution in [-0.2, 0) is 4.79 Å². The topological polar surface area (TPSA) is 60.2 Å². The second-order valence-electron chi connectivity index (χ2n) is 6.69. The second-order valence-corrected chi connectivity index (χ2v) is 6.69. The fourth-order valence-corrected chi connectivity index (χ4v) is 2.84. The molecule has 2 rings (SSSR count). The molecule has 21 heavy (non-hydrogen) atoms. The van der Waals surface area contributed by atoms with Crippen LogP contribution >= 0.6 is 0 Å². The zero-order valence-corrected chi connectivity index (χ0v) is 12.8. The largest absolute Gasteiger partial charge is 0.294 e. The van der Waals surface area contributed by atoms with E-state index < -0.39 is 4.92 Å². The third kappa shape index (κ3) is 3.57. The molecule has 1 aromatic carbocycles. The Hall–Kier alpha value is -1.97. The molecule has 0 N–H and O–H groups in total. The number of carbonyl (C=O) groups excluding carboxylic acids is 1. The van der Waals surface area contributed by atoms with Crippen molar-refractivity contribution < 1.29 is 9.72 Å². The summed E-state index contributed by atoms with van der Waals surface area (Å²) in [5.74, 6) is 0.294. The van der Waals surface area contributed by atoms with Gasteiger partial charge in [-0.2, -0.15) is 0 Å².